The van der Waals surface area contributed by atoms with Crippen molar-refractivity contribution in [3.8, 4) is 5.75 Å². The summed E-state index contributed by atoms with van der Waals surface area (Å²) in [5.74, 6) is 0.438. The van der Waals surface area contributed by atoms with Crippen LogP contribution in [-0.4, -0.2) is 41.9 Å². The number of halogens is 1. The molecule has 1 aliphatic carbocycles. The fourth-order valence-electron chi connectivity index (χ4n) is 3.53. The maximum absolute atomic E-state index is 12.5. The first-order valence-corrected chi connectivity index (χ1v) is 9.18. The average molecular weight is 382 g/mol. The monoisotopic (exact) mass is 381 g/mol. The van der Waals surface area contributed by atoms with Crippen molar-refractivity contribution >= 4 is 29.9 Å². The van der Waals surface area contributed by atoms with Crippen LogP contribution >= 0.6 is 12.4 Å². The lowest BCUT2D eigenvalue weighted by molar-refractivity contribution is -0.132. The summed E-state index contributed by atoms with van der Waals surface area (Å²) in [5.41, 5.74) is 6.13. The molecule has 1 saturated heterocycles. The molecule has 0 unspecified atom stereocenters. The Morgan fingerprint density at radius 3 is 2.50 bits per heavy atom. The van der Waals surface area contributed by atoms with Gasteiger partial charge < -0.3 is 20.7 Å². The summed E-state index contributed by atoms with van der Waals surface area (Å²) in [6.45, 7) is 1.66. The van der Waals surface area contributed by atoms with Crippen LogP contribution in [0.1, 0.15) is 44.9 Å². The molecular weight excluding hydrogens is 354 g/mol. The molecular formula is C19H28ClN3O3. The fourth-order valence-corrected chi connectivity index (χ4v) is 3.53. The number of carbonyl (C=O) groups excluding carboxylic acids is 2. The van der Waals surface area contributed by atoms with Gasteiger partial charge in [0.2, 0.25) is 5.91 Å². The molecule has 26 heavy (non-hydrogen) atoms. The van der Waals surface area contributed by atoms with E-state index in [0.29, 0.717) is 11.4 Å². The highest BCUT2D eigenvalue weighted by Gasteiger charge is 2.35. The first kappa shape index (κ1) is 20.5. The van der Waals surface area contributed by atoms with Gasteiger partial charge in [-0.2, -0.15) is 0 Å². The van der Waals surface area contributed by atoms with E-state index in [4.69, 9.17) is 10.5 Å². The van der Waals surface area contributed by atoms with Crippen LogP contribution in [-0.2, 0) is 9.59 Å². The Kier molecular flexibility index (Phi) is 7.29. The number of nitrogens with two attached hydrogens (primary N) is 1. The average Bonchev–Trinajstić information content (AvgIpc) is 3.15. The molecule has 3 rings (SSSR count). The second-order valence-corrected chi connectivity index (χ2v) is 7.08. The summed E-state index contributed by atoms with van der Waals surface area (Å²) in [7, 11) is 0. The third-order valence-electron chi connectivity index (χ3n) is 5.11. The number of rotatable bonds is 5. The van der Waals surface area contributed by atoms with Crippen molar-refractivity contribution in [3.63, 3.8) is 0 Å². The zero-order valence-corrected chi connectivity index (χ0v) is 15.9. The second kappa shape index (κ2) is 9.24. The van der Waals surface area contributed by atoms with Crippen LogP contribution in [0.15, 0.2) is 24.3 Å². The Balaban J connectivity index is 0.00000243. The molecule has 0 radical (unpaired) electrons. The maximum Gasteiger partial charge on any atom is 0.260 e. The molecule has 1 saturated carbocycles. The lowest BCUT2D eigenvalue weighted by atomic mass is 9.82. The molecule has 6 nitrogen and oxygen atoms in total. The molecule has 3 N–H and O–H groups in total. The van der Waals surface area contributed by atoms with Gasteiger partial charge in [-0.25, -0.2) is 0 Å². The molecule has 1 aliphatic heterocycles. The van der Waals surface area contributed by atoms with E-state index in [2.05, 4.69) is 5.32 Å². The first-order valence-electron chi connectivity index (χ1n) is 9.18. The quantitative estimate of drug-likeness (QED) is 0.821. The van der Waals surface area contributed by atoms with Gasteiger partial charge in [0.25, 0.3) is 5.91 Å². The number of nitrogens with zero attached hydrogens (tertiary/aromatic N) is 1. The van der Waals surface area contributed by atoms with Crippen LogP contribution in [0.25, 0.3) is 0 Å². The van der Waals surface area contributed by atoms with E-state index in [9.17, 15) is 9.59 Å². The van der Waals surface area contributed by atoms with Crippen molar-refractivity contribution < 1.29 is 14.3 Å². The van der Waals surface area contributed by atoms with Gasteiger partial charge in [-0.15, -0.1) is 12.4 Å². The topological polar surface area (TPSA) is 84.7 Å². The Hall–Kier alpha value is -1.79. The molecule has 1 aromatic carbocycles. The van der Waals surface area contributed by atoms with Gasteiger partial charge in [0.15, 0.2) is 6.61 Å². The Morgan fingerprint density at radius 1 is 1.12 bits per heavy atom. The van der Waals surface area contributed by atoms with Gasteiger partial charge in [-0.3, -0.25) is 9.59 Å². The van der Waals surface area contributed by atoms with Gasteiger partial charge in [-0.05, 0) is 37.8 Å². The third kappa shape index (κ3) is 5.11. The van der Waals surface area contributed by atoms with Crippen LogP contribution in [0.5, 0.6) is 5.75 Å². The fraction of sp³-hybridized carbons (Fsp3) is 0.579. The largest absolute Gasteiger partial charge is 0.484 e. The lowest BCUT2D eigenvalue weighted by Gasteiger charge is -2.31. The normalized spacial score (nSPS) is 18.7. The molecule has 144 valence electrons. The van der Waals surface area contributed by atoms with Crippen LogP contribution in [0.2, 0.25) is 0 Å². The summed E-state index contributed by atoms with van der Waals surface area (Å²) in [6.07, 6.45) is 6.69. The summed E-state index contributed by atoms with van der Waals surface area (Å²) >= 11 is 0. The van der Waals surface area contributed by atoms with Crippen molar-refractivity contribution in [1.29, 1.82) is 0 Å². The highest BCUT2D eigenvalue weighted by Crippen LogP contribution is 2.27. The molecule has 0 spiro atoms. The van der Waals surface area contributed by atoms with Gasteiger partial charge in [0.05, 0.1) is 5.54 Å². The number of anilines is 1. The number of likely N-dealkylation sites (tertiary alicyclic amines) is 1. The first-order chi connectivity index (χ1) is 12.1. The minimum absolute atomic E-state index is 0. The number of nitrogens with one attached hydrogen (secondary N) is 1. The van der Waals surface area contributed by atoms with Crippen LogP contribution in [0.3, 0.4) is 0 Å². The summed E-state index contributed by atoms with van der Waals surface area (Å²) in [4.78, 5) is 26.4. The second-order valence-electron chi connectivity index (χ2n) is 7.08. The van der Waals surface area contributed by atoms with Crippen molar-refractivity contribution in [3.05, 3.63) is 24.3 Å². The van der Waals surface area contributed by atoms with E-state index in [0.717, 1.165) is 58.0 Å². The van der Waals surface area contributed by atoms with E-state index in [-0.39, 0.29) is 30.8 Å². The zero-order valence-electron chi connectivity index (χ0n) is 15.0. The maximum atomic E-state index is 12.5. The SMILES string of the molecule is Cl.NC1(C(=O)Nc2cccc(OCC(=O)N3CCCC3)c2)CCCCC1. The standard InChI is InChI=1S/C19H27N3O3.ClH/c20-19(9-2-1-3-10-19)18(24)21-15-7-6-8-16(13-15)25-14-17(23)22-11-4-5-12-22;/h6-8,13H,1-5,9-12,14,20H2,(H,21,24);1H. The Morgan fingerprint density at radius 2 is 1.81 bits per heavy atom. The smallest absolute Gasteiger partial charge is 0.260 e. The van der Waals surface area contributed by atoms with Gasteiger partial charge in [0, 0.05) is 24.8 Å². The minimum atomic E-state index is -0.777. The molecule has 7 heteroatoms. The van der Waals surface area contributed by atoms with Crippen molar-refractivity contribution in [2.24, 2.45) is 5.73 Å². The molecule has 2 aliphatic rings. The Labute approximate surface area is 160 Å². The van der Waals surface area contributed by atoms with E-state index < -0.39 is 5.54 Å². The lowest BCUT2D eigenvalue weighted by Crippen LogP contribution is -2.52. The summed E-state index contributed by atoms with van der Waals surface area (Å²) < 4.78 is 5.60. The number of carbonyl (C=O) groups is 2. The van der Waals surface area contributed by atoms with Crippen molar-refractivity contribution in [2.75, 3.05) is 25.0 Å². The predicted octanol–water partition coefficient (Wildman–Crippen LogP) is 2.71. The third-order valence-corrected chi connectivity index (χ3v) is 5.11. The Bertz CT molecular complexity index is 626. The zero-order chi connectivity index (χ0) is 17.7. The van der Waals surface area contributed by atoms with Gasteiger partial charge in [-0.1, -0.05) is 25.3 Å². The van der Waals surface area contributed by atoms with Crippen LogP contribution < -0.4 is 15.8 Å². The number of hydrogen-bond acceptors (Lipinski definition) is 4. The van der Waals surface area contributed by atoms with Crippen molar-refractivity contribution in [1.82, 2.24) is 4.90 Å². The molecule has 2 fully saturated rings. The van der Waals surface area contributed by atoms with Crippen molar-refractivity contribution in [2.45, 2.75) is 50.5 Å². The number of ether oxygens (including phenoxy) is 1. The van der Waals surface area contributed by atoms with Crippen LogP contribution in [0, 0.1) is 0 Å². The molecule has 1 heterocycles. The highest BCUT2D eigenvalue weighted by molar-refractivity contribution is 5.98. The molecule has 0 aromatic heterocycles. The number of amides is 2. The number of hydrogen-bond donors (Lipinski definition) is 2. The van der Waals surface area contributed by atoms with E-state index in [1.807, 2.05) is 4.90 Å². The summed E-state index contributed by atoms with van der Waals surface area (Å²) in [5, 5.41) is 2.90. The molecule has 1 aromatic rings. The molecule has 0 bridgehead atoms. The molecule has 0 atom stereocenters. The van der Waals surface area contributed by atoms with Crippen LogP contribution in [0.4, 0.5) is 5.69 Å². The number of benzene rings is 1. The molecule has 2 amide bonds. The minimum Gasteiger partial charge on any atom is -0.484 e. The summed E-state index contributed by atoms with van der Waals surface area (Å²) in [6, 6.07) is 7.13. The van der Waals surface area contributed by atoms with E-state index in [1.54, 1.807) is 24.3 Å². The van der Waals surface area contributed by atoms with E-state index >= 15 is 0 Å². The van der Waals surface area contributed by atoms with E-state index in [1.165, 1.54) is 0 Å². The predicted molar refractivity (Wildman–Crippen MR) is 104 cm³/mol. The van der Waals surface area contributed by atoms with Gasteiger partial charge >= 0.3 is 0 Å². The van der Waals surface area contributed by atoms with Gasteiger partial charge in [0.1, 0.15) is 5.75 Å². The highest BCUT2D eigenvalue weighted by atomic mass is 35.5.